The number of halogens is 1. The molecule has 2 fully saturated rings. The van der Waals surface area contributed by atoms with Gasteiger partial charge in [0.05, 0.1) is 11.2 Å². The van der Waals surface area contributed by atoms with Crippen molar-refractivity contribution in [1.82, 2.24) is 9.80 Å². The summed E-state index contributed by atoms with van der Waals surface area (Å²) < 4.78 is 0. The fraction of sp³-hybridized carbons (Fsp3) is 0.395. The first kappa shape index (κ1) is 36.7. The third kappa shape index (κ3) is 10.7. The maximum atomic E-state index is 12.2. The molecule has 6 heteroatoms. The van der Waals surface area contributed by atoms with E-state index in [0.29, 0.717) is 29.1 Å². The number of alkyl halides is 1. The zero-order chi connectivity index (χ0) is 34.6. The van der Waals surface area contributed by atoms with Gasteiger partial charge >= 0.3 is 5.97 Å². The molecule has 0 aromatic heterocycles. The average Bonchev–Trinajstić information content (AvgIpc) is 3.72. The quantitative estimate of drug-likeness (QED) is 0.140. The standard InChI is InChI=1S/C22H26BrNO.C21H25NO2/c1-17-12-20(13-21(17)22(25)14-23)24(15-18-8-4-2-5-9-18)16-19-10-6-3-7-11-19;1-16-12-19(13-20(16)21(23)24)22(14-17-8-4-2-5-9-17)15-18-10-6-3-7-11-18/h2-11,17,20-21H,12-16H2,1H3;2-11,16,19-20H,12-15H2,1H3,(H,23,24). The Morgan fingerprint density at radius 2 is 0.857 bits per heavy atom. The van der Waals surface area contributed by atoms with Gasteiger partial charge in [-0.2, -0.15) is 0 Å². The molecule has 0 heterocycles. The molecule has 6 unspecified atom stereocenters. The summed E-state index contributed by atoms with van der Waals surface area (Å²) in [6.45, 7) is 7.89. The summed E-state index contributed by atoms with van der Waals surface area (Å²) in [6, 6.07) is 43.0. The Labute approximate surface area is 301 Å². The minimum Gasteiger partial charge on any atom is -0.481 e. The van der Waals surface area contributed by atoms with Crippen LogP contribution in [0.15, 0.2) is 121 Å². The van der Waals surface area contributed by atoms with Crippen LogP contribution in [0.1, 0.15) is 61.8 Å². The van der Waals surface area contributed by atoms with E-state index in [-0.39, 0.29) is 17.8 Å². The zero-order valence-electron chi connectivity index (χ0n) is 28.9. The number of Topliss-reactive ketones (excluding diaryl/α,β-unsaturated/α-hetero) is 1. The van der Waals surface area contributed by atoms with Crippen LogP contribution in [0.5, 0.6) is 0 Å². The molecule has 4 aromatic rings. The Kier molecular flexibility index (Phi) is 13.8. The van der Waals surface area contributed by atoms with Crippen LogP contribution in [0, 0.1) is 23.7 Å². The highest BCUT2D eigenvalue weighted by Gasteiger charge is 2.39. The van der Waals surface area contributed by atoms with Crippen molar-refractivity contribution < 1.29 is 14.7 Å². The first-order chi connectivity index (χ1) is 23.8. The lowest BCUT2D eigenvalue weighted by Crippen LogP contribution is -2.33. The van der Waals surface area contributed by atoms with Crippen molar-refractivity contribution in [1.29, 1.82) is 0 Å². The lowest BCUT2D eigenvalue weighted by atomic mass is 9.95. The highest BCUT2D eigenvalue weighted by atomic mass is 79.9. The van der Waals surface area contributed by atoms with Crippen LogP contribution in [0.25, 0.3) is 0 Å². The predicted octanol–water partition coefficient (Wildman–Crippen LogP) is 9.26. The summed E-state index contributed by atoms with van der Waals surface area (Å²) in [7, 11) is 0. The number of rotatable bonds is 13. The molecule has 5 nitrogen and oxygen atoms in total. The van der Waals surface area contributed by atoms with Crippen molar-refractivity contribution in [2.45, 2.75) is 77.8 Å². The first-order valence-corrected chi connectivity index (χ1v) is 18.9. The van der Waals surface area contributed by atoms with Crippen molar-refractivity contribution >= 4 is 27.7 Å². The van der Waals surface area contributed by atoms with Crippen LogP contribution in [0.3, 0.4) is 0 Å². The van der Waals surface area contributed by atoms with Gasteiger partial charge in [0.15, 0.2) is 0 Å². The first-order valence-electron chi connectivity index (χ1n) is 17.8. The molecule has 4 aromatic carbocycles. The maximum Gasteiger partial charge on any atom is 0.306 e. The molecule has 0 spiro atoms. The molecule has 2 saturated carbocycles. The summed E-state index contributed by atoms with van der Waals surface area (Å²) in [5.41, 5.74) is 5.22. The van der Waals surface area contributed by atoms with E-state index in [1.807, 2.05) is 12.1 Å². The minimum absolute atomic E-state index is 0.193. The summed E-state index contributed by atoms with van der Waals surface area (Å²) in [5.74, 6) is 0.381. The van der Waals surface area contributed by atoms with Gasteiger partial charge < -0.3 is 5.11 Å². The number of hydrogen-bond acceptors (Lipinski definition) is 4. The number of carboxylic acid groups (broad SMARTS) is 1. The molecule has 0 saturated heterocycles. The monoisotopic (exact) mass is 722 g/mol. The fourth-order valence-corrected chi connectivity index (χ4v) is 8.23. The highest BCUT2D eigenvalue weighted by Crippen LogP contribution is 2.38. The third-order valence-corrected chi connectivity index (χ3v) is 11.1. The molecular weight excluding hydrogens is 672 g/mol. The number of hydrogen-bond donors (Lipinski definition) is 1. The number of ketones is 1. The van der Waals surface area contributed by atoms with Gasteiger partial charge in [-0.15, -0.1) is 0 Å². The van der Waals surface area contributed by atoms with Gasteiger partial charge in [0.2, 0.25) is 0 Å². The van der Waals surface area contributed by atoms with E-state index in [2.05, 4.69) is 149 Å². The molecule has 2 aliphatic carbocycles. The summed E-state index contributed by atoms with van der Waals surface area (Å²) in [5, 5.41) is 9.92. The van der Waals surface area contributed by atoms with Gasteiger partial charge in [-0.05, 0) is 59.8 Å². The highest BCUT2D eigenvalue weighted by molar-refractivity contribution is 9.09. The smallest absolute Gasteiger partial charge is 0.306 e. The summed E-state index contributed by atoms with van der Waals surface area (Å²) in [4.78, 5) is 28.7. The molecule has 6 rings (SSSR count). The second-order valence-electron chi connectivity index (χ2n) is 14.1. The van der Waals surface area contributed by atoms with Gasteiger partial charge in [-0.1, -0.05) is 151 Å². The molecule has 2 aliphatic rings. The van der Waals surface area contributed by atoms with Crippen LogP contribution < -0.4 is 0 Å². The Morgan fingerprint density at radius 1 is 0.551 bits per heavy atom. The fourth-order valence-electron chi connectivity index (χ4n) is 7.82. The molecule has 0 bridgehead atoms. The van der Waals surface area contributed by atoms with Crippen molar-refractivity contribution in [3.8, 4) is 0 Å². The van der Waals surface area contributed by atoms with Crippen molar-refractivity contribution in [2.24, 2.45) is 23.7 Å². The Morgan fingerprint density at radius 3 is 1.14 bits per heavy atom. The molecule has 49 heavy (non-hydrogen) atoms. The Balaban J connectivity index is 0.000000191. The van der Waals surface area contributed by atoms with Crippen LogP contribution in [-0.4, -0.2) is 44.1 Å². The van der Waals surface area contributed by atoms with E-state index < -0.39 is 5.97 Å². The van der Waals surface area contributed by atoms with E-state index in [9.17, 15) is 14.7 Å². The van der Waals surface area contributed by atoms with Crippen molar-refractivity contribution in [3.63, 3.8) is 0 Å². The number of carbonyl (C=O) groups excluding carboxylic acids is 1. The maximum absolute atomic E-state index is 12.2. The normalized spacial score (nSPS) is 23.3. The molecule has 0 amide bonds. The number of aliphatic carboxylic acids is 1. The largest absolute Gasteiger partial charge is 0.481 e. The topological polar surface area (TPSA) is 60.9 Å². The molecule has 0 radical (unpaired) electrons. The van der Waals surface area contributed by atoms with Gasteiger partial charge in [0.25, 0.3) is 0 Å². The Hall–Kier alpha value is -3.58. The van der Waals surface area contributed by atoms with Gasteiger partial charge in [0.1, 0.15) is 5.78 Å². The molecule has 0 aliphatic heterocycles. The van der Waals surface area contributed by atoms with E-state index in [1.54, 1.807) is 0 Å². The summed E-state index contributed by atoms with van der Waals surface area (Å²) in [6.07, 6.45) is 3.78. The summed E-state index contributed by atoms with van der Waals surface area (Å²) >= 11 is 3.35. The van der Waals surface area contributed by atoms with Crippen LogP contribution in [0.4, 0.5) is 0 Å². The van der Waals surface area contributed by atoms with E-state index >= 15 is 0 Å². The van der Waals surface area contributed by atoms with Gasteiger partial charge in [0, 0.05) is 44.2 Å². The van der Waals surface area contributed by atoms with Crippen molar-refractivity contribution in [2.75, 3.05) is 5.33 Å². The molecule has 258 valence electrons. The third-order valence-electron chi connectivity index (χ3n) is 10.5. The van der Waals surface area contributed by atoms with Gasteiger partial charge in [-0.3, -0.25) is 19.4 Å². The van der Waals surface area contributed by atoms with E-state index in [0.717, 1.165) is 51.9 Å². The number of benzene rings is 4. The Bertz CT molecular complexity index is 1490. The van der Waals surface area contributed by atoms with Crippen LogP contribution >= 0.6 is 15.9 Å². The number of nitrogens with zero attached hydrogens (tertiary/aromatic N) is 2. The SMILES string of the molecule is CC1CC(N(Cc2ccccc2)Cc2ccccc2)CC1C(=O)CBr.CC1CC(N(Cc2ccccc2)Cc2ccccc2)CC1C(=O)O. The number of carbonyl (C=O) groups is 2. The average molecular weight is 724 g/mol. The van der Waals surface area contributed by atoms with Gasteiger partial charge in [-0.25, -0.2) is 0 Å². The molecule has 6 atom stereocenters. The van der Waals surface area contributed by atoms with Crippen molar-refractivity contribution in [3.05, 3.63) is 144 Å². The van der Waals surface area contributed by atoms with E-state index in [1.165, 1.54) is 22.3 Å². The van der Waals surface area contributed by atoms with Crippen LogP contribution in [0.2, 0.25) is 0 Å². The number of carboxylic acids is 1. The lowest BCUT2D eigenvalue weighted by molar-refractivity contribution is -0.142. The molecule has 1 N–H and O–H groups in total. The minimum atomic E-state index is -0.649. The second-order valence-corrected chi connectivity index (χ2v) is 14.7. The van der Waals surface area contributed by atoms with Crippen LogP contribution in [-0.2, 0) is 35.8 Å². The lowest BCUT2D eigenvalue weighted by Gasteiger charge is -2.29. The second kappa shape index (κ2) is 18.4. The predicted molar refractivity (Wildman–Crippen MR) is 202 cm³/mol. The molecular formula is C43H51BrN2O3. The van der Waals surface area contributed by atoms with E-state index in [4.69, 9.17) is 0 Å². The zero-order valence-corrected chi connectivity index (χ0v) is 30.5.